The minimum Gasteiger partial charge on any atom is -0.380 e. The van der Waals surface area contributed by atoms with Crippen molar-refractivity contribution < 1.29 is 9.53 Å². The summed E-state index contributed by atoms with van der Waals surface area (Å²) in [6.07, 6.45) is 6.72. The quantitative estimate of drug-likeness (QED) is 0.499. The second-order valence-corrected chi connectivity index (χ2v) is 4.15. The Morgan fingerprint density at radius 2 is 2.31 bits per heavy atom. The first-order chi connectivity index (χ1) is 7.74. The summed E-state index contributed by atoms with van der Waals surface area (Å²) >= 11 is 0. The Hall–Kier alpha value is -0.870. The highest BCUT2D eigenvalue weighted by Gasteiger charge is 2.21. The van der Waals surface area contributed by atoms with E-state index in [9.17, 15) is 4.79 Å². The van der Waals surface area contributed by atoms with Crippen LogP contribution in [0.1, 0.15) is 26.2 Å². The highest BCUT2D eigenvalue weighted by molar-refractivity contribution is 5.81. The van der Waals surface area contributed by atoms with E-state index >= 15 is 0 Å². The predicted octanol–water partition coefficient (Wildman–Crippen LogP) is 0.823. The van der Waals surface area contributed by atoms with Crippen molar-refractivity contribution in [2.24, 2.45) is 11.7 Å². The SMILES string of the molecule is CCCCOCCNC(=O)C1C=CC(N)C1. The molecule has 16 heavy (non-hydrogen) atoms. The summed E-state index contributed by atoms with van der Waals surface area (Å²) in [5.74, 6) is 0.00827. The molecule has 92 valence electrons. The fourth-order valence-corrected chi connectivity index (χ4v) is 1.65. The lowest BCUT2D eigenvalue weighted by atomic mass is 10.1. The molecule has 0 aromatic carbocycles. The molecule has 0 radical (unpaired) electrons. The standard InChI is InChI=1S/C12H22N2O2/c1-2-3-7-16-8-6-14-12(15)10-4-5-11(13)9-10/h4-5,10-11H,2-3,6-9,13H2,1H3,(H,14,15). The molecule has 4 nitrogen and oxygen atoms in total. The molecule has 2 atom stereocenters. The van der Waals surface area contributed by atoms with Crippen molar-refractivity contribution in [1.29, 1.82) is 0 Å². The third kappa shape index (κ3) is 4.77. The maximum atomic E-state index is 11.6. The van der Waals surface area contributed by atoms with Crippen LogP contribution in [0.5, 0.6) is 0 Å². The summed E-state index contributed by atoms with van der Waals surface area (Å²) < 4.78 is 5.35. The number of nitrogens with one attached hydrogen (secondary N) is 1. The Morgan fingerprint density at radius 3 is 2.94 bits per heavy atom. The first kappa shape index (κ1) is 13.2. The van der Waals surface area contributed by atoms with E-state index in [0.717, 1.165) is 25.9 Å². The predicted molar refractivity (Wildman–Crippen MR) is 64.0 cm³/mol. The Balaban J connectivity index is 2.01. The fourth-order valence-electron chi connectivity index (χ4n) is 1.65. The molecule has 0 heterocycles. The van der Waals surface area contributed by atoms with E-state index in [1.54, 1.807) is 0 Å². The van der Waals surface area contributed by atoms with Gasteiger partial charge in [-0.15, -0.1) is 0 Å². The molecule has 1 aliphatic rings. The number of unbranched alkanes of at least 4 members (excludes halogenated alkanes) is 1. The molecule has 1 amide bonds. The summed E-state index contributed by atoms with van der Waals surface area (Å²) in [5.41, 5.74) is 5.68. The molecule has 0 spiro atoms. The highest BCUT2D eigenvalue weighted by Crippen LogP contribution is 2.15. The fraction of sp³-hybridized carbons (Fsp3) is 0.750. The van der Waals surface area contributed by atoms with Crippen molar-refractivity contribution in [2.45, 2.75) is 32.2 Å². The van der Waals surface area contributed by atoms with E-state index in [-0.39, 0.29) is 17.9 Å². The molecule has 1 aliphatic carbocycles. The summed E-state index contributed by atoms with van der Waals surface area (Å²) in [6, 6.07) is 0.0385. The van der Waals surface area contributed by atoms with Crippen molar-refractivity contribution >= 4 is 5.91 Å². The zero-order valence-corrected chi connectivity index (χ0v) is 9.95. The molecular weight excluding hydrogens is 204 g/mol. The van der Waals surface area contributed by atoms with Crippen LogP contribution in [0, 0.1) is 5.92 Å². The van der Waals surface area contributed by atoms with Crippen LogP contribution >= 0.6 is 0 Å². The van der Waals surface area contributed by atoms with Gasteiger partial charge < -0.3 is 15.8 Å². The molecule has 0 saturated heterocycles. The first-order valence-electron chi connectivity index (χ1n) is 6.03. The highest BCUT2D eigenvalue weighted by atomic mass is 16.5. The molecule has 0 aromatic heterocycles. The van der Waals surface area contributed by atoms with Crippen molar-refractivity contribution in [3.05, 3.63) is 12.2 Å². The number of rotatable bonds is 7. The van der Waals surface area contributed by atoms with Crippen LogP contribution in [0.4, 0.5) is 0 Å². The van der Waals surface area contributed by atoms with Gasteiger partial charge in [-0.25, -0.2) is 0 Å². The summed E-state index contributed by atoms with van der Waals surface area (Å²) in [4.78, 5) is 11.6. The lowest BCUT2D eigenvalue weighted by molar-refractivity contribution is -0.123. The second-order valence-electron chi connectivity index (χ2n) is 4.15. The number of nitrogens with two attached hydrogens (primary N) is 1. The average Bonchev–Trinajstić information content (AvgIpc) is 2.70. The van der Waals surface area contributed by atoms with Gasteiger partial charge >= 0.3 is 0 Å². The van der Waals surface area contributed by atoms with Gasteiger partial charge in [0.25, 0.3) is 0 Å². The maximum absolute atomic E-state index is 11.6. The Labute approximate surface area is 97.2 Å². The molecule has 0 aliphatic heterocycles. The van der Waals surface area contributed by atoms with Gasteiger partial charge in [0.15, 0.2) is 0 Å². The summed E-state index contributed by atoms with van der Waals surface area (Å²) in [5, 5.41) is 2.85. The minimum atomic E-state index is -0.0503. The number of carbonyl (C=O) groups excluding carboxylic acids is 1. The molecule has 0 aromatic rings. The molecule has 3 N–H and O–H groups in total. The van der Waals surface area contributed by atoms with Crippen LogP contribution in [-0.4, -0.2) is 31.7 Å². The number of hydrogen-bond donors (Lipinski definition) is 2. The lowest BCUT2D eigenvalue weighted by Crippen LogP contribution is -2.33. The molecule has 0 bridgehead atoms. The topological polar surface area (TPSA) is 64.3 Å². The van der Waals surface area contributed by atoms with Gasteiger partial charge in [0.05, 0.1) is 12.5 Å². The first-order valence-corrected chi connectivity index (χ1v) is 6.03. The van der Waals surface area contributed by atoms with Crippen molar-refractivity contribution in [2.75, 3.05) is 19.8 Å². The van der Waals surface area contributed by atoms with E-state index in [2.05, 4.69) is 12.2 Å². The summed E-state index contributed by atoms with van der Waals surface area (Å²) in [7, 11) is 0. The third-order valence-corrected chi connectivity index (χ3v) is 2.64. The number of carbonyl (C=O) groups is 1. The smallest absolute Gasteiger partial charge is 0.227 e. The normalized spacial score (nSPS) is 23.6. The lowest BCUT2D eigenvalue weighted by Gasteiger charge is -2.10. The zero-order chi connectivity index (χ0) is 11.8. The van der Waals surface area contributed by atoms with Crippen LogP contribution in [0.15, 0.2) is 12.2 Å². The Bertz CT molecular complexity index is 241. The van der Waals surface area contributed by atoms with Gasteiger partial charge in [-0.1, -0.05) is 25.5 Å². The van der Waals surface area contributed by atoms with Gasteiger partial charge in [-0.2, -0.15) is 0 Å². The molecule has 4 heteroatoms. The van der Waals surface area contributed by atoms with Crippen LogP contribution in [0.3, 0.4) is 0 Å². The largest absolute Gasteiger partial charge is 0.380 e. The minimum absolute atomic E-state index is 0.0385. The van der Waals surface area contributed by atoms with E-state index in [4.69, 9.17) is 10.5 Å². The average molecular weight is 226 g/mol. The number of amides is 1. The number of hydrogen-bond acceptors (Lipinski definition) is 3. The van der Waals surface area contributed by atoms with Crippen molar-refractivity contribution in [3.8, 4) is 0 Å². The van der Waals surface area contributed by atoms with Crippen LogP contribution in [0.2, 0.25) is 0 Å². The van der Waals surface area contributed by atoms with Crippen molar-refractivity contribution in [3.63, 3.8) is 0 Å². The van der Waals surface area contributed by atoms with Crippen LogP contribution < -0.4 is 11.1 Å². The van der Waals surface area contributed by atoms with E-state index in [1.807, 2.05) is 12.2 Å². The van der Waals surface area contributed by atoms with Crippen LogP contribution in [-0.2, 0) is 9.53 Å². The maximum Gasteiger partial charge on any atom is 0.227 e. The molecule has 1 rings (SSSR count). The Kier molecular flexibility index (Phi) is 6.11. The monoisotopic (exact) mass is 226 g/mol. The van der Waals surface area contributed by atoms with Crippen molar-refractivity contribution in [1.82, 2.24) is 5.32 Å². The molecule has 0 fully saturated rings. The molecule has 0 saturated carbocycles. The summed E-state index contributed by atoms with van der Waals surface area (Å²) in [6.45, 7) is 4.08. The third-order valence-electron chi connectivity index (χ3n) is 2.64. The molecular formula is C12H22N2O2. The van der Waals surface area contributed by atoms with E-state index in [0.29, 0.717) is 13.2 Å². The van der Waals surface area contributed by atoms with Gasteiger partial charge in [0, 0.05) is 19.2 Å². The number of ether oxygens (including phenoxy) is 1. The van der Waals surface area contributed by atoms with Gasteiger partial charge in [0.1, 0.15) is 0 Å². The van der Waals surface area contributed by atoms with Gasteiger partial charge in [-0.05, 0) is 12.8 Å². The van der Waals surface area contributed by atoms with Gasteiger partial charge in [0.2, 0.25) is 5.91 Å². The second kappa shape index (κ2) is 7.41. The van der Waals surface area contributed by atoms with E-state index < -0.39 is 0 Å². The van der Waals surface area contributed by atoms with Gasteiger partial charge in [-0.3, -0.25) is 4.79 Å². The zero-order valence-electron chi connectivity index (χ0n) is 9.95. The molecule has 2 unspecified atom stereocenters. The Morgan fingerprint density at radius 1 is 1.50 bits per heavy atom. The van der Waals surface area contributed by atoms with Crippen LogP contribution in [0.25, 0.3) is 0 Å². The van der Waals surface area contributed by atoms with E-state index in [1.165, 1.54) is 0 Å².